The standard InChI is InChI=1S/C15H27N3O3/c1-3-16(4-2)13-6-8-18(11-13)15(21)17-7-5-12(10-17)9-14(19)20/h12-13H,3-11H2,1-2H3,(H,19,20). The van der Waals surface area contributed by atoms with Crippen molar-refractivity contribution in [2.75, 3.05) is 39.3 Å². The number of likely N-dealkylation sites (N-methyl/N-ethyl adjacent to an activating group) is 1. The summed E-state index contributed by atoms with van der Waals surface area (Å²) in [5.74, 6) is -0.648. The number of urea groups is 1. The monoisotopic (exact) mass is 297 g/mol. The molecule has 0 aromatic heterocycles. The van der Waals surface area contributed by atoms with Gasteiger partial charge in [-0.25, -0.2) is 4.79 Å². The number of likely N-dealkylation sites (tertiary alicyclic amines) is 2. The third-order valence-electron chi connectivity index (χ3n) is 4.78. The van der Waals surface area contributed by atoms with Crippen LogP contribution >= 0.6 is 0 Å². The minimum Gasteiger partial charge on any atom is -0.481 e. The van der Waals surface area contributed by atoms with Gasteiger partial charge in [0.25, 0.3) is 0 Å². The number of nitrogens with zero attached hydrogens (tertiary/aromatic N) is 3. The maximum atomic E-state index is 12.5. The number of carbonyl (C=O) groups is 2. The molecule has 0 saturated carbocycles. The highest BCUT2D eigenvalue weighted by Gasteiger charge is 2.34. The Morgan fingerprint density at radius 2 is 1.71 bits per heavy atom. The predicted molar refractivity (Wildman–Crippen MR) is 80.2 cm³/mol. The highest BCUT2D eigenvalue weighted by molar-refractivity contribution is 5.75. The quantitative estimate of drug-likeness (QED) is 0.831. The summed E-state index contributed by atoms with van der Waals surface area (Å²) in [5.41, 5.74) is 0. The van der Waals surface area contributed by atoms with Crippen molar-refractivity contribution in [1.29, 1.82) is 0 Å². The van der Waals surface area contributed by atoms with E-state index in [2.05, 4.69) is 18.7 Å². The van der Waals surface area contributed by atoms with Crippen molar-refractivity contribution >= 4 is 12.0 Å². The second-order valence-electron chi connectivity index (χ2n) is 6.09. The molecule has 0 aliphatic carbocycles. The normalized spacial score (nSPS) is 25.9. The van der Waals surface area contributed by atoms with Crippen molar-refractivity contribution in [2.24, 2.45) is 5.92 Å². The molecule has 2 aliphatic rings. The van der Waals surface area contributed by atoms with Gasteiger partial charge in [0.05, 0.1) is 0 Å². The lowest BCUT2D eigenvalue weighted by Gasteiger charge is -2.28. The largest absolute Gasteiger partial charge is 0.481 e. The Kier molecular flexibility index (Phi) is 5.45. The van der Waals surface area contributed by atoms with Crippen LogP contribution in [-0.2, 0) is 4.79 Å². The zero-order valence-corrected chi connectivity index (χ0v) is 13.1. The molecule has 2 atom stereocenters. The van der Waals surface area contributed by atoms with E-state index < -0.39 is 5.97 Å². The van der Waals surface area contributed by atoms with E-state index in [-0.39, 0.29) is 18.4 Å². The molecule has 6 nitrogen and oxygen atoms in total. The fraction of sp³-hybridized carbons (Fsp3) is 0.867. The first-order valence-corrected chi connectivity index (χ1v) is 8.04. The van der Waals surface area contributed by atoms with Crippen LogP contribution in [0.4, 0.5) is 4.79 Å². The lowest BCUT2D eigenvalue weighted by atomic mass is 10.1. The summed E-state index contributed by atoms with van der Waals surface area (Å²) in [6.07, 6.45) is 2.02. The molecular weight excluding hydrogens is 270 g/mol. The second kappa shape index (κ2) is 7.11. The van der Waals surface area contributed by atoms with Crippen molar-refractivity contribution in [3.8, 4) is 0 Å². The fourth-order valence-corrected chi connectivity index (χ4v) is 3.57. The lowest BCUT2D eigenvalue weighted by Crippen LogP contribution is -2.43. The number of carbonyl (C=O) groups excluding carboxylic acids is 1. The maximum Gasteiger partial charge on any atom is 0.320 e. The third kappa shape index (κ3) is 3.87. The Hall–Kier alpha value is -1.30. The van der Waals surface area contributed by atoms with E-state index in [0.29, 0.717) is 19.1 Å². The Morgan fingerprint density at radius 1 is 1.10 bits per heavy atom. The maximum absolute atomic E-state index is 12.5. The molecule has 0 aromatic rings. The van der Waals surface area contributed by atoms with E-state index in [0.717, 1.165) is 39.0 Å². The number of rotatable bonds is 5. The topological polar surface area (TPSA) is 64.1 Å². The molecule has 2 aliphatic heterocycles. The molecule has 0 aromatic carbocycles. The molecule has 6 heteroatoms. The van der Waals surface area contributed by atoms with Crippen molar-refractivity contribution in [3.63, 3.8) is 0 Å². The highest BCUT2D eigenvalue weighted by atomic mass is 16.4. The number of amides is 2. The minimum absolute atomic E-state index is 0.0949. The van der Waals surface area contributed by atoms with Crippen molar-refractivity contribution in [2.45, 2.75) is 39.2 Å². The number of hydrogen-bond acceptors (Lipinski definition) is 3. The average molecular weight is 297 g/mol. The molecule has 2 heterocycles. The van der Waals surface area contributed by atoms with Crippen LogP contribution in [0.2, 0.25) is 0 Å². The molecule has 2 fully saturated rings. The summed E-state index contributed by atoms with van der Waals surface area (Å²) in [4.78, 5) is 29.4. The van der Waals surface area contributed by atoms with Crippen LogP contribution in [0.15, 0.2) is 0 Å². The van der Waals surface area contributed by atoms with Gasteiger partial charge < -0.3 is 14.9 Å². The van der Waals surface area contributed by atoms with Crippen LogP contribution < -0.4 is 0 Å². The molecule has 2 amide bonds. The molecular formula is C15H27N3O3. The van der Waals surface area contributed by atoms with Crippen LogP contribution in [0.5, 0.6) is 0 Å². The van der Waals surface area contributed by atoms with E-state index in [1.165, 1.54) is 0 Å². The van der Waals surface area contributed by atoms with E-state index in [1.807, 2.05) is 9.80 Å². The van der Waals surface area contributed by atoms with Gasteiger partial charge in [0.1, 0.15) is 0 Å². The van der Waals surface area contributed by atoms with Crippen LogP contribution in [0.1, 0.15) is 33.1 Å². The summed E-state index contributed by atoms with van der Waals surface area (Å²) < 4.78 is 0. The lowest BCUT2D eigenvalue weighted by molar-refractivity contribution is -0.138. The molecule has 2 saturated heterocycles. The molecule has 2 unspecified atom stereocenters. The van der Waals surface area contributed by atoms with E-state index >= 15 is 0 Å². The SMILES string of the molecule is CCN(CC)C1CCN(C(=O)N2CCC(CC(=O)O)C2)C1. The number of carboxylic acid groups (broad SMARTS) is 1. The van der Waals surface area contributed by atoms with Gasteiger partial charge in [-0.15, -0.1) is 0 Å². The molecule has 0 spiro atoms. The molecule has 0 bridgehead atoms. The number of aliphatic carboxylic acids is 1. The average Bonchev–Trinajstić information content (AvgIpc) is 3.08. The highest BCUT2D eigenvalue weighted by Crippen LogP contribution is 2.23. The van der Waals surface area contributed by atoms with E-state index in [9.17, 15) is 9.59 Å². The van der Waals surface area contributed by atoms with Gasteiger partial charge in [0, 0.05) is 38.6 Å². The summed E-state index contributed by atoms with van der Waals surface area (Å²) in [6.45, 7) is 9.28. The zero-order valence-electron chi connectivity index (χ0n) is 13.1. The summed E-state index contributed by atoms with van der Waals surface area (Å²) >= 11 is 0. The van der Waals surface area contributed by atoms with Gasteiger partial charge >= 0.3 is 12.0 Å². The zero-order chi connectivity index (χ0) is 15.4. The van der Waals surface area contributed by atoms with Crippen molar-refractivity contribution in [1.82, 2.24) is 14.7 Å². The van der Waals surface area contributed by atoms with Gasteiger partial charge in [-0.3, -0.25) is 9.69 Å². The van der Waals surface area contributed by atoms with E-state index in [4.69, 9.17) is 5.11 Å². The number of carboxylic acids is 1. The summed E-state index contributed by atoms with van der Waals surface area (Å²) in [6, 6.07) is 0.568. The second-order valence-corrected chi connectivity index (χ2v) is 6.09. The molecule has 0 radical (unpaired) electrons. The summed E-state index contributed by atoms with van der Waals surface area (Å²) in [7, 11) is 0. The van der Waals surface area contributed by atoms with Crippen LogP contribution in [-0.4, -0.2) is 77.1 Å². The molecule has 1 N–H and O–H groups in total. The Labute approximate surface area is 126 Å². The van der Waals surface area contributed by atoms with Gasteiger partial charge in [0.2, 0.25) is 0 Å². The van der Waals surface area contributed by atoms with Crippen molar-refractivity contribution in [3.05, 3.63) is 0 Å². The van der Waals surface area contributed by atoms with Crippen LogP contribution in [0.3, 0.4) is 0 Å². The number of hydrogen-bond donors (Lipinski definition) is 1. The van der Waals surface area contributed by atoms with Gasteiger partial charge in [-0.1, -0.05) is 13.8 Å². The van der Waals surface area contributed by atoms with Gasteiger partial charge in [-0.2, -0.15) is 0 Å². The molecule has 2 rings (SSSR count). The minimum atomic E-state index is -0.767. The first kappa shape index (κ1) is 16.1. The third-order valence-corrected chi connectivity index (χ3v) is 4.78. The van der Waals surface area contributed by atoms with Gasteiger partial charge in [0.15, 0.2) is 0 Å². The van der Waals surface area contributed by atoms with Gasteiger partial charge in [-0.05, 0) is 31.8 Å². The fourth-order valence-electron chi connectivity index (χ4n) is 3.57. The molecule has 120 valence electrons. The first-order chi connectivity index (χ1) is 10.0. The van der Waals surface area contributed by atoms with E-state index in [1.54, 1.807) is 0 Å². The Morgan fingerprint density at radius 3 is 2.33 bits per heavy atom. The Bertz CT molecular complexity index is 384. The van der Waals surface area contributed by atoms with Crippen LogP contribution in [0.25, 0.3) is 0 Å². The Balaban J connectivity index is 1.83. The first-order valence-electron chi connectivity index (χ1n) is 8.04. The predicted octanol–water partition coefficient (Wildman–Crippen LogP) is 1.32. The smallest absolute Gasteiger partial charge is 0.320 e. The molecule has 21 heavy (non-hydrogen) atoms. The summed E-state index contributed by atoms with van der Waals surface area (Å²) in [5, 5.41) is 8.84. The van der Waals surface area contributed by atoms with Crippen LogP contribution in [0, 0.1) is 5.92 Å². The van der Waals surface area contributed by atoms with Crippen molar-refractivity contribution < 1.29 is 14.7 Å².